The van der Waals surface area contributed by atoms with E-state index in [1.807, 2.05) is 30.3 Å². The highest BCUT2D eigenvalue weighted by molar-refractivity contribution is 9.10. The maximum atomic E-state index is 13.1. The number of methoxy groups -OCH3 is 2. The van der Waals surface area contributed by atoms with Crippen molar-refractivity contribution < 1.29 is 28.7 Å². The van der Waals surface area contributed by atoms with Crippen LogP contribution in [0.5, 0.6) is 17.2 Å². The van der Waals surface area contributed by atoms with E-state index in [1.165, 1.54) is 44.6 Å². The van der Waals surface area contributed by atoms with Crippen molar-refractivity contribution in [2.75, 3.05) is 19.5 Å². The Morgan fingerprint density at radius 1 is 1.02 bits per heavy atom. The Kier molecular flexibility index (Phi) is 8.42. The maximum Gasteiger partial charge on any atom is 0.344 e. The lowest BCUT2D eigenvalue weighted by molar-refractivity contribution is -0.384. The summed E-state index contributed by atoms with van der Waals surface area (Å²) in [5.74, 6) is -0.958. The SMILES string of the molecule is COc1ccc(NC(=O)/C(C#N)=C/c2cc(Br)c(OC(=O)c3cccc4ccccc34)c(OC)c2)c([N+](=O)[O-])c1. The molecule has 200 valence electrons. The monoisotopic (exact) mass is 601 g/mol. The van der Waals surface area contributed by atoms with Crippen molar-refractivity contribution in [3.05, 3.63) is 104 Å². The Morgan fingerprint density at radius 3 is 2.48 bits per heavy atom. The van der Waals surface area contributed by atoms with Crippen LogP contribution < -0.4 is 19.5 Å². The third-order valence-corrected chi connectivity index (χ3v) is 6.37. The van der Waals surface area contributed by atoms with Gasteiger partial charge in [0.05, 0.1) is 35.2 Å². The van der Waals surface area contributed by atoms with Crippen LogP contribution in [-0.2, 0) is 4.79 Å². The van der Waals surface area contributed by atoms with Gasteiger partial charge in [0.25, 0.3) is 11.6 Å². The molecule has 0 saturated carbocycles. The minimum atomic E-state index is -0.864. The Bertz CT molecular complexity index is 1720. The molecule has 40 heavy (non-hydrogen) atoms. The van der Waals surface area contributed by atoms with E-state index in [0.29, 0.717) is 15.6 Å². The number of halogens is 1. The van der Waals surface area contributed by atoms with Gasteiger partial charge in [-0.1, -0.05) is 36.4 Å². The summed E-state index contributed by atoms with van der Waals surface area (Å²) in [5, 5.41) is 25.1. The number of esters is 1. The van der Waals surface area contributed by atoms with Gasteiger partial charge in [-0.15, -0.1) is 0 Å². The lowest BCUT2D eigenvalue weighted by Crippen LogP contribution is -2.14. The number of nitrogens with zero attached hydrogens (tertiary/aromatic N) is 2. The smallest absolute Gasteiger partial charge is 0.344 e. The van der Waals surface area contributed by atoms with Crippen molar-refractivity contribution in [3.63, 3.8) is 0 Å². The molecule has 0 aliphatic heterocycles. The van der Waals surface area contributed by atoms with Crippen LogP contribution in [0, 0.1) is 21.4 Å². The van der Waals surface area contributed by atoms with Crippen molar-refractivity contribution in [2.24, 2.45) is 0 Å². The molecule has 0 atom stereocenters. The van der Waals surface area contributed by atoms with Crippen LogP contribution in [-0.4, -0.2) is 31.0 Å². The molecule has 1 amide bonds. The molecule has 0 fully saturated rings. The van der Waals surface area contributed by atoms with Crippen LogP contribution in [0.1, 0.15) is 15.9 Å². The molecule has 0 spiro atoms. The standard InChI is InChI=1S/C29H20BrN3O7/c1-38-20-10-11-24(25(15-20)33(36)37)32-28(34)19(16-31)12-17-13-23(30)27(26(14-17)39-2)40-29(35)22-9-5-7-18-6-3-4-8-21(18)22/h3-15H,1-2H3,(H,32,34)/b19-12+. The van der Waals surface area contributed by atoms with Crippen LogP contribution in [0.15, 0.2) is 82.8 Å². The average Bonchev–Trinajstić information content (AvgIpc) is 2.96. The molecule has 0 saturated heterocycles. The van der Waals surface area contributed by atoms with Crippen LogP contribution in [0.3, 0.4) is 0 Å². The molecule has 0 aliphatic carbocycles. The van der Waals surface area contributed by atoms with Gasteiger partial charge in [0.15, 0.2) is 11.5 Å². The van der Waals surface area contributed by atoms with Crippen LogP contribution in [0.25, 0.3) is 16.8 Å². The number of benzene rings is 4. The number of ether oxygens (including phenoxy) is 3. The number of nitro benzene ring substituents is 1. The highest BCUT2D eigenvalue weighted by atomic mass is 79.9. The van der Waals surface area contributed by atoms with Gasteiger partial charge in [0, 0.05) is 0 Å². The first-order valence-corrected chi connectivity index (χ1v) is 12.4. The number of hydrogen-bond acceptors (Lipinski definition) is 8. The largest absolute Gasteiger partial charge is 0.496 e. The summed E-state index contributed by atoms with van der Waals surface area (Å²) in [6.07, 6.45) is 1.27. The summed E-state index contributed by atoms with van der Waals surface area (Å²) in [7, 11) is 2.74. The van der Waals surface area contributed by atoms with Gasteiger partial charge in [-0.05, 0) is 68.7 Å². The molecular weight excluding hydrogens is 582 g/mol. The summed E-state index contributed by atoms with van der Waals surface area (Å²) in [5.41, 5.74) is -0.102. The van der Waals surface area contributed by atoms with Gasteiger partial charge in [-0.2, -0.15) is 5.26 Å². The first-order chi connectivity index (χ1) is 19.2. The van der Waals surface area contributed by atoms with E-state index in [-0.39, 0.29) is 28.5 Å². The van der Waals surface area contributed by atoms with E-state index in [1.54, 1.807) is 18.2 Å². The van der Waals surface area contributed by atoms with Crippen LogP contribution >= 0.6 is 15.9 Å². The highest BCUT2D eigenvalue weighted by Gasteiger charge is 2.21. The van der Waals surface area contributed by atoms with Crippen molar-refractivity contribution in [3.8, 4) is 23.3 Å². The second kappa shape index (κ2) is 12.1. The van der Waals surface area contributed by atoms with E-state index in [0.717, 1.165) is 16.8 Å². The average molecular weight is 602 g/mol. The summed E-state index contributed by atoms with van der Waals surface area (Å²) >= 11 is 3.37. The fourth-order valence-corrected chi connectivity index (χ4v) is 4.41. The van der Waals surface area contributed by atoms with E-state index in [9.17, 15) is 25.0 Å². The predicted octanol–water partition coefficient (Wildman–Crippen LogP) is 6.29. The molecule has 0 unspecified atom stereocenters. The van der Waals surface area contributed by atoms with E-state index in [4.69, 9.17) is 14.2 Å². The normalized spacial score (nSPS) is 10.9. The molecule has 0 bridgehead atoms. The van der Waals surface area contributed by atoms with Crippen LogP contribution in [0.4, 0.5) is 11.4 Å². The van der Waals surface area contributed by atoms with Gasteiger partial charge in [0.2, 0.25) is 0 Å². The highest BCUT2D eigenvalue weighted by Crippen LogP contribution is 2.38. The second-order valence-corrected chi connectivity index (χ2v) is 9.07. The Labute approximate surface area is 236 Å². The number of nitrogens with one attached hydrogen (secondary N) is 1. The third kappa shape index (κ3) is 5.92. The van der Waals surface area contributed by atoms with Gasteiger partial charge < -0.3 is 19.5 Å². The number of anilines is 1. The molecule has 0 heterocycles. The summed E-state index contributed by atoms with van der Waals surface area (Å²) < 4.78 is 16.4. The van der Waals surface area contributed by atoms with Crippen molar-refractivity contribution in [2.45, 2.75) is 0 Å². The van der Waals surface area contributed by atoms with Crippen LogP contribution in [0.2, 0.25) is 0 Å². The Morgan fingerprint density at radius 2 is 1.77 bits per heavy atom. The predicted molar refractivity (Wildman–Crippen MR) is 151 cm³/mol. The lowest BCUT2D eigenvalue weighted by Gasteiger charge is -2.13. The van der Waals surface area contributed by atoms with Gasteiger partial charge in [-0.25, -0.2) is 4.79 Å². The summed E-state index contributed by atoms with van der Waals surface area (Å²) in [4.78, 5) is 36.7. The fraction of sp³-hybridized carbons (Fsp3) is 0.0690. The third-order valence-electron chi connectivity index (χ3n) is 5.78. The van der Waals surface area contributed by atoms with Crippen molar-refractivity contribution in [1.29, 1.82) is 5.26 Å². The number of fused-ring (bicyclic) bond motifs is 1. The fourth-order valence-electron chi connectivity index (χ4n) is 3.87. The molecule has 0 aliphatic rings. The maximum absolute atomic E-state index is 13.1. The number of nitro groups is 1. The number of amides is 1. The zero-order chi connectivity index (χ0) is 28.8. The lowest BCUT2D eigenvalue weighted by atomic mass is 10.0. The molecular formula is C29H20BrN3O7. The summed E-state index contributed by atoms with van der Waals surface area (Å²) in [6, 6.07) is 21.4. The van der Waals surface area contributed by atoms with Gasteiger partial charge >= 0.3 is 5.97 Å². The number of carbonyl (C=O) groups is 2. The molecule has 10 nitrogen and oxygen atoms in total. The minimum absolute atomic E-state index is 0.105. The second-order valence-electron chi connectivity index (χ2n) is 8.21. The molecule has 4 aromatic rings. The molecule has 11 heteroatoms. The molecule has 4 aromatic carbocycles. The van der Waals surface area contributed by atoms with Crippen molar-refractivity contribution in [1.82, 2.24) is 0 Å². The van der Waals surface area contributed by atoms with Gasteiger partial charge in [0.1, 0.15) is 23.1 Å². The first kappa shape index (κ1) is 27.8. The number of hydrogen-bond donors (Lipinski definition) is 1. The van der Waals surface area contributed by atoms with E-state index >= 15 is 0 Å². The Balaban J connectivity index is 1.62. The first-order valence-electron chi connectivity index (χ1n) is 11.6. The minimum Gasteiger partial charge on any atom is -0.496 e. The number of nitriles is 1. The number of carbonyl (C=O) groups excluding carboxylic acids is 2. The molecule has 4 rings (SSSR count). The molecule has 1 N–H and O–H groups in total. The quantitative estimate of drug-likeness (QED) is 0.0620. The van der Waals surface area contributed by atoms with Gasteiger partial charge in [-0.3, -0.25) is 14.9 Å². The van der Waals surface area contributed by atoms with Crippen molar-refractivity contribution >= 4 is 56.0 Å². The van der Waals surface area contributed by atoms with E-state index in [2.05, 4.69) is 21.2 Å². The zero-order valence-corrected chi connectivity index (χ0v) is 22.7. The zero-order valence-electron chi connectivity index (χ0n) is 21.1. The summed E-state index contributed by atoms with van der Waals surface area (Å²) in [6.45, 7) is 0. The molecule has 0 aromatic heterocycles. The Hall–Kier alpha value is -5.21. The number of rotatable bonds is 8. The topological polar surface area (TPSA) is 141 Å². The molecule has 0 radical (unpaired) electrons. The van der Waals surface area contributed by atoms with E-state index < -0.39 is 22.5 Å².